The molecule has 2 amide bonds. The van der Waals surface area contributed by atoms with Crippen LogP contribution in [0.2, 0.25) is 0 Å². The molecule has 8 nitrogen and oxygen atoms in total. The van der Waals surface area contributed by atoms with Crippen LogP contribution in [0.3, 0.4) is 0 Å². The summed E-state index contributed by atoms with van der Waals surface area (Å²) < 4.78 is 28.1. The zero-order chi connectivity index (χ0) is 24.3. The lowest BCUT2D eigenvalue weighted by Crippen LogP contribution is -2.50. The van der Waals surface area contributed by atoms with E-state index in [1.165, 1.54) is 11.3 Å². The van der Waals surface area contributed by atoms with Crippen LogP contribution >= 0.6 is 11.3 Å². The molecule has 0 saturated carbocycles. The minimum absolute atomic E-state index is 0.444. The van der Waals surface area contributed by atoms with E-state index in [4.69, 9.17) is 0 Å². The Bertz CT molecular complexity index is 1370. The van der Waals surface area contributed by atoms with Gasteiger partial charge in [-0.1, -0.05) is 35.6 Å². The van der Waals surface area contributed by atoms with Gasteiger partial charge in [0.05, 0.1) is 10.2 Å². The van der Waals surface area contributed by atoms with E-state index in [9.17, 15) is 18.0 Å². The number of amides is 2. The standard InChI is InChI=1S/C24H28N4O4S2/c1-3-28-20-10-9-18(2)15-21(20)33-24(28)25-22(29)16-34(31,32)17-23(30)27-13-11-26(12-14-27)19-7-5-4-6-8-19/h4-10,15H,3,11-14,16-17H2,1-2H3. The maximum atomic E-state index is 12.6. The van der Waals surface area contributed by atoms with Crippen molar-refractivity contribution in [3.63, 3.8) is 0 Å². The zero-order valence-corrected chi connectivity index (χ0v) is 20.9. The molecule has 1 saturated heterocycles. The van der Waals surface area contributed by atoms with Crippen LogP contribution in [0.4, 0.5) is 5.69 Å². The molecule has 3 aromatic rings. The molecule has 4 rings (SSSR count). The SMILES string of the molecule is CCn1c(=NC(=O)CS(=O)(=O)CC(=O)N2CCN(c3ccccc3)CC2)sc2cc(C)ccc21. The van der Waals surface area contributed by atoms with Gasteiger partial charge in [0.2, 0.25) is 5.91 Å². The third kappa shape index (κ3) is 5.56. The summed E-state index contributed by atoms with van der Waals surface area (Å²) in [5, 5.41) is 0. The van der Waals surface area contributed by atoms with E-state index < -0.39 is 33.2 Å². The maximum Gasteiger partial charge on any atom is 0.263 e. The average molecular weight is 501 g/mol. The van der Waals surface area contributed by atoms with Gasteiger partial charge in [0, 0.05) is 38.4 Å². The van der Waals surface area contributed by atoms with Crippen LogP contribution in [-0.2, 0) is 26.0 Å². The van der Waals surface area contributed by atoms with E-state index in [-0.39, 0.29) is 0 Å². The van der Waals surface area contributed by atoms with Crippen molar-refractivity contribution in [2.75, 3.05) is 42.6 Å². The van der Waals surface area contributed by atoms with Crippen LogP contribution < -0.4 is 9.70 Å². The Kier molecular flexibility index (Phi) is 7.18. The second-order valence-corrected chi connectivity index (χ2v) is 11.4. The van der Waals surface area contributed by atoms with E-state index in [2.05, 4.69) is 9.89 Å². The van der Waals surface area contributed by atoms with E-state index in [0.717, 1.165) is 21.5 Å². The molecule has 34 heavy (non-hydrogen) atoms. The minimum atomic E-state index is -3.92. The fourth-order valence-corrected chi connectivity index (χ4v) is 6.39. The van der Waals surface area contributed by atoms with Crippen molar-refractivity contribution in [1.29, 1.82) is 0 Å². The smallest absolute Gasteiger partial charge is 0.263 e. The van der Waals surface area contributed by atoms with Crippen molar-refractivity contribution >= 4 is 48.9 Å². The van der Waals surface area contributed by atoms with Crippen molar-refractivity contribution in [2.45, 2.75) is 20.4 Å². The number of aryl methyl sites for hydroxylation is 2. The molecule has 2 heterocycles. The number of hydrogen-bond donors (Lipinski definition) is 0. The highest BCUT2D eigenvalue weighted by Crippen LogP contribution is 2.19. The number of benzene rings is 2. The second-order valence-electron chi connectivity index (χ2n) is 8.34. The fraction of sp³-hybridized carbons (Fsp3) is 0.375. The number of sulfone groups is 1. The zero-order valence-electron chi connectivity index (χ0n) is 19.3. The van der Waals surface area contributed by atoms with E-state index in [0.29, 0.717) is 37.5 Å². The lowest BCUT2D eigenvalue weighted by molar-refractivity contribution is -0.128. The number of carbonyl (C=O) groups excluding carboxylic acids is 2. The molecule has 0 N–H and O–H groups in total. The molecule has 0 spiro atoms. The summed E-state index contributed by atoms with van der Waals surface area (Å²) in [6.07, 6.45) is 0. The molecular weight excluding hydrogens is 472 g/mol. The molecule has 0 bridgehead atoms. The fourth-order valence-electron chi connectivity index (χ4n) is 4.08. The van der Waals surface area contributed by atoms with Crippen LogP contribution in [0.1, 0.15) is 12.5 Å². The van der Waals surface area contributed by atoms with Gasteiger partial charge in [-0.15, -0.1) is 0 Å². The summed E-state index contributed by atoms with van der Waals surface area (Å²) >= 11 is 1.35. The van der Waals surface area contributed by atoms with E-state index >= 15 is 0 Å². The Morgan fingerprint density at radius 3 is 2.38 bits per heavy atom. The first-order valence-corrected chi connectivity index (χ1v) is 13.9. The number of fused-ring (bicyclic) bond motifs is 1. The molecule has 0 unspecified atom stereocenters. The van der Waals surface area contributed by atoms with Crippen LogP contribution in [-0.4, -0.2) is 67.4 Å². The van der Waals surface area contributed by atoms with Gasteiger partial charge in [-0.25, -0.2) is 8.42 Å². The monoisotopic (exact) mass is 500 g/mol. The van der Waals surface area contributed by atoms with Gasteiger partial charge in [0.1, 0.15) is 11.5 Å². The highest BCUT2D eigenvalue weighted by atomic mass is 32.2. The molecule has 1 aliphatic rings. The summed E-state index contributed by atoms with van der Waals surface area (Å²) in [7, 11) is -3.92. The van der Waals surface area contributed by atoms with Crippen LogP contribution in [0.25, 0.3) is 10.2 Å². The Balaban J connectivity index is 1.39. The van der Waals surface area contributed by atoms with Gasteiger partial charge in [-0.3, -0.25) is 9.59 Å². The van der Waals surface area contributed by atoms with Crippen molar-refractivity contribution in [1.82, 2.24) is 9.47 Å². The van der Waals surface area contributed by atoms with Crippen molar-refractivity contribution in [2.24, 2.45) is 4.99 Å². The first-order valence-electron chi connectivity index (χ1n) is 11.2. The number of carbonyl (C=O) groups is 2. The first-order chi connectivity index (χ1) is 16.3. The number of aromatic nitrogens is 1. The van der Waals surface area contributed by atoms with Gasteiger partial charge >= 0.3 is 0 Å². The van der Waals surface area contributed by atoms with Crippen molar-refractivity contribution in [3.8, 4) is 0 Å². The Hall–Kier alpha value is -2.98. The number of rotatable bonds is 6. The lowest BCUT2D eigenvalue weighted by Gasteiger charge is -2.36. The third-order valence-corrected chi connectivity index (χ3v) is 8.23. The van der Waals surface area contributed by atoms with Gasteiger partial charge < -0.3 is 14.4 Å². The third-order valence-electron chi connectivity index (χ3n) is 5.82. The number of para-hydroxylation sites is 1. The predicted octanol–water partition coefficient (Wildman–Crippen LogP) is 2.22. The van der Waals surface area contributed by atoms with Crippen molar-refractivity contribution < 1.29 is 18.0 Å². The Morgan fingerprint density at radius 1 is 1.00 bits per heavy atom. The molecule has 0 radical (unpaired) electrons. The molecule has 2 aromatic carbocycles. The summed E-state index contributed by atoms with van der Waals surface area (Å²) in [6.45, 7) is 6.69. The Morgan fingerprint density at radius 2 is 1.71 bits per heavy atom. The second kappa shape index (κ2) is 10.1. The van der Waals surface area contributed by atoms with Gasteiger partial charge in [0.15, 0.2) is 14.6 Å². The number of nitrogens with zero attached hydrogens (tertiary/aromatic N) is 4. The maximum absolute atomic E-state index is 12.6. The van der Waals surface area contributed by atoms with E-state index in [1.807, 2.05) is 66.9 Å². The summed E-state index contributed by atoms with van der Waals surface area (Å²) in [5.74, 6) is -2.69. The van der Waals surface area contributed by atoms with Crippen LogP contribution in [0, 0.1) is 6.92 Å². The topological polar surface area (TPSA) is 92.0 Å². The molecule has 1 fully saturated rings. The molecule has 10 heteroatoms. The van der Waals surface area contributed by atoms with Crippen LogP contribution in [0.15, 0.2) is 53.5 Å². The lowest BCUT2D eigenvalue weighted by atomic mass is 10.2. The molecule has 1 aromatic heterocycles. The molecule has 1 aliphatic heterocycles. The largest absolute Gasteiger partial charge is 0.368 e. The van der Waals surface area contributed by atoms with Crippen LogP contribution in [0.5, 0.6) is 0 Å². The summed E-state index contributed by atoms with van der Waals surface area (Å²) in [4.78, 5) is 33.4. The van der Waals surface area contributed by atoms with Gasteiger partial charge in [-0.2, -0.15) is 4.99 Å². The number of thiazole rings is 1. The van der Waals surface area contributed by atoms with E-state index in [1.54, 1.807) is 4.90 Å². The first kappa shape index (κ1) is 24.2. The molecule has 180 valence electrons. The molecule has 0 aliphatic carbocycles. The summed E-state index contributed by atoms with van der Waals surface area (Å²) in [5.41, 5.74) is 3.13. The number of hydrogen-bond acceptors (Lipinski definition) is 6. The highest BCUT2D eigenvalue weighted by molar-refractivity contribution is 7.92. The summed E-state index contributed by atoms with van der Waals surface area (Å²) in [6, 6.07) is 15.9. The highest BCUT2D eigenvalue weighted by Gasteiger charge is 2.27. The Labute approximate surface area is 203 Å². The number of piperazine rings is 1. The molecule has 0 atom stereocenters. The normalized spacial score (nSPS) is 15.2. The van der Waals surface area contributed by atoms with Gasteiger partial charge in [0.25, 0.3) is 5.91 Å². The minimum Gasteiger partial charge on any atom is -0.368 e. The predicted molar refractivity (Wildman–Crippen MR) is 135 cm³/mol. The quantitative estimate of drug-likeness (QED) is 0.518. The average Bonchev–Trinajstić information content (AvgIpc) is 3.14. The molecular formula is C24H28N4O4S2. The number of anilines is 1. The van der Waals surface area contributed by atoms with Crippen molar-refractivity contribution in [3.05, 3.63) is 58.9 Å². The van der Waals surface area contributed by atoms with Gasteiger partial charge in [-0.05, 0) is 43.7 Å².